The molecule has 0 saturated heterocycles. The summed E-state index contributed by atoms with van der Waals surface area (Å²) in [7, 11) is 4.00. The fourth-order valence-corrected chi connectivity index (χ4v) is 1.18. The maximum Gasteiger partial charge on any atom is 0.131 e. The van der Waals surface area contributed by atoms with E-state index < -0.39 is 0 Å². The number of aryl methyl sites for hydroxylation is 2. The van der Waals surface area contributed by atoms with E-state index in [1.165, 1.54) is 0 Å². The SMILES string of the molecule is CCCc1nc(C)cc(N(C)C)n1. The molecule has 0 fully saturated rings. The topological polar surface area (TPSA) is 29.0 Å². The van der Waals surface area contributed by atoms with Crippen molar-refractivity contribution in [1.29, 1.82) is 0 Å². The Morgan fingerprint density at radius 2 is 2.00 bits per heavy atom. The third-order valence-corrected chi connectivity index (χ3v) is 1.82. The van der Waals surface area contributed by atoms with Crippen molar-refractivity contribution in [3.8, 4) is 0 Å². The van der Waals surface area contributed by atoms with Crippen LogP contribution in [0.3, 0.4) is 0 Å². The first-order chi connectivity index (χ1) is 6.13. The molecule has 0 spiro atoms. The second-order valence-corrected chi connectivity index (χ2v) is 3.43. The molecule has 13 heavy (non-hydrogen) atoms. The number of anilines is 1. The van der Waals surface area contributed by atoms with E-state index in [0.29, 0.717) is 0 Å². The van der Waals surface area contributed by atoms with Crippen LogP contribution in [0.25, 0.3) is 0 Å². The highest BCUT2D eigenvalue weighted by Gasteiger charge is 2.02. The van der Waals surface area contributed by atoms with Gasteiger partial charge in [-0.1, -0.05) is 6.92 Å². The van der Waals surface area contributed by atoms with E-state index >= 15 is 0 Å². The Kier molecular flexibility index (Phi) is 3.23. The van der Waals surface area contributed by atoms with Crippen LogP contribution in [0.15, 0.2) is 6.07 Å². The molecule has 1 heterocycles. The molecule has 1 rings (SSSR count). The summed E-state index contributed by atoms with van der Waals surface area (Å²) in [4.78, 5) is 10.8. The maximum atomic E-state index is 4.44. The Balaban J connectivity index is 2.96. The molecule has 0 amide bonds. The lowest BCUT2D eigenvalue weighted by atomic mass is 10.3. The van der Waals surface area contributed by atoms with E-state index in [1.54, 1.807) is 0 Å². The zero-order valence-corrected chi connectivity index (χ0v) is 8.83. The molecule has 3 heteroatoms. The van der Waals surface area contributed by atoms with Crippen molar-refractivity contribution < 1.29 is 0 Å². The fourth-order valence-electron chi connectivity index (χ4n) is 1.18. The van der Waals surface area contributed by atoms with Crippen LogP contribution in [0, 0.1) is 6.92 Å². The van der Waals surface area contributed by atoms with Gasteiger partial charge in [0.2, 0.25) is 0 Å². The van der Waals surface area contributed by atoms with Crippen LogP contribution in [0.4, 0.5) is 5.82 Å². The van der Waals surface area contributed by atoms with Crippen LogP contribution in [0.2, 0.25) is 0 Å². The minimum Gasteiger partial charge on any atom is -0.363 e. The summed E-state index contributed by atoms with van der Waals surface area (Å²) in [6, 6.07) is 2.00. The number of hydrogen-bond donors (Lipinski definition) is 0. The molecule has 0 N–H and O–H groups in total. The summed E-state index contributed by atoms with van der Waals surface area (Å²) in [5.74, 6) is 1.95. The Morgan fingerprint density at radius 1 is 1.31 bits per heavy atom. The highest BCUT2D eigenvalue weighted by molar-refractivity contribution is 5.37. The molecule has 0 aliphatic heterocycles. The first kappa shape index (κ1) is 9.96. The van der Waals surface area contributed by atoms with Gasteiger partial charge in [0.1, 0.15) is 11.6 Å². The molecule has 0 aromatic carbocycles. The normalized spacial score (nSPS) is 10.2. The van der Waals surface area contributed by atoms with Crippen LogP contribution < -0.4 is 4.90 Å². The zero-order chi connectivity index (χ0) is 9.84. The van der Waals surface area contributed by atoms with E-state index in [4.69, 9.17) is 0 Å². The van der Waals surface area contributed by atoms with E-state index in [2.05, 4.69) is 16.9 Å². The highest BCUT2D eigenvalue weighted by atomic mass is 15.1. The summed E-state index contributed by atoms with van der Waals surface area (Å²) < 4.78 is 0. The third kappa shape index (κ3) is 2.68. The molecule has 0 aliphatic rings. The lowest BCUT2D eigenvalue weighted by molar-refractivity contribution is 0.818. The molecule has 0 aliphatic carbocycles. The molecule has 0 saturated carbocycles. The van der Waals surface area contributed by atoms with Crippen LogP contribution >= 0.6 is 0 Å². The Bertz CT molecular complexity index is 281. The average molecular weight is 179 g/mol. The van der Waals surface area contributed by atoms with Gasteiger partial charge >= 0.3 is 0 Å². The van der Waals surface area contributed by atoms with Crippen molar-refractivity contribution in [1.82, 2.24) is 9.97 Å². The highest BCUT2D eigenvalue weighted by Crippen LogP contribution is 2.09. The van der Waals surface area contributed by atoms with Crippen LogP contribution in [-0.4, -0.2) is 24.1 Å². The van der Waals surface area contributed by atoms with Crippen molar-refractivity contribution in [3.63, 3.8) is 0 Å². The van der Waals surface area contributed by atoms with Crippen molar-refractivity contribution in [2.75, 3.05) is 19.0 Å². The van der Waals surface area contributed by atoms with Gasteiger partial charge in [-0.3, -0.25) is 0 Å². The summed E-state index contributed by atoms with van der Waals surface area (Å²) in [6.45, 7) is 4.15. The van der Waals surface area contributed by atoms with Crippen LogP contribution in [-0.2, 0) is 6.42 Å². The number of hydrogen-bond acceptors (Lipinski definition) is 3. The van der Waals surface area contributed by atoms with E-state index in [1.807, 2.05) is 32.0 Å². The van der Waals surface area contributed by atoms with Gasteiger partial charge in [0.15, 0.2) is 0 Å². The fraction of sp³-hybridized carbons (Fsp3) is 0.600. The Hall–Kier alpha value is -1.12. The molecule has 72 valence electrons. The van der Waals surface area contributed by atoms with Gasteiger partial charge in [0.05, 0.1) is 0 Å². The molecule has 1 aromatic heterocycles. The third-order valence-electron chi connectivity index (χ3n) is 1.82. The summed E-state index contributed by atoms with van der Waals surface area (Å²) in [6.07, 6.45) is 2.05. The standard InChI is InChI=1S/C10H17N3/c1-5-6-9-11-8(2)7-10(12-9)13(3)4/h7H,5-6H2,1-4H3. The summed E-state index contributed by atoms with van der Waals surface area (Å²) in [5.41, 5.74) is 1.04. The van der Waals surface area contributed by atoms with E-state index in [9.17, 15) is 0 Å². The van der Waals surface area contributed by atoms with Gasteiger partial charge in [-0.05, 0) is 13.3 Å². The first-order valence-corrected chi connectivity index (χ1v) is 4.65. The largest absolute Gasteiger partial charge is 0.363 e. The van der Waals surface area contributed by atoms with Crippen molar-refractivity contribution in [3.05, 3.63) is 17.6 Å². The second-order valence-electron chi connectivity index (χ2n) is 3.43. The Labute approximate surface area is 79.8 Å². The summed E-state index contributed by atoms with van der Waals surface area (Å²) >= 11 is 0. The number of rotatable bonds is 3. The molecular formula is C10H17N3. The first-order valence-electron chi connectivity index (χ1n) is 4.65. The molecular weight excluding hydrogens is 162 g/mol. The quantitative estimate of drug-likeness (QED) is 0.708. The maximum absolute atomic E-state index is 4.44. The predicted molar refractivity (Wildman–Crippen MR) is 55.1 cm³/mol. The van der Waals surface area contributed by atoms with Crippen molar-refractivity contribution in [2.45, 2.75) is 26.7 Å². The van der Waals surface area contributed by atoms with Crippen LogP contribution in [0.1, 0.15) is 24.9 Å². The number of nitrogens with zero attached hydrogens (tertiary/aromatic N) is 3. The molecule has 0 atom stereocenters. The minimum absolute atomic E-state index is 0.950. The van der Waals surface area contributed by atoms with Gasteiger partial charge in [-0.15, -0.1) is 0 Å². The molecule has 1 aromatic rings. The molecule has 3 nitrogen and oxygen atoms in total. The molecule has 0 radical (unpaired) electrons. The van der Waals surface area contributed by atoms with Crippen molar-refractivity contribution >= 4 is 5.82 Å². The van der Waals surface area contributed by atoms with Gasteiger partial charge in [-0.25, -0.2) is 9.97 Å². The monoisotopic (exact) mass is 179 g/mol. The smallest absolute Gasteiger partial charge is 0.131 e. The van der Waals surface area contributed by atoms with Gasteiger partial charge in [0.25, 0.3) is 0 Å². The van der Waals surface area contributed by atoms with Crippen LogP contribution in [0.5, 0.6) is 0 Å². The average Bonchev–Trinajstić information content (AvgIpc) is 2.03. The molecule has 0 unspecified atom stereocenters. The lowest BCUT2D eigenvalue weighted by Gasteiger charge is -2.12. The lowest BCUT2D eigenvalue weighted by Crippen LogP contribution is -2.12. The van der Waals surface area contributed by atoms with E-state index in [-0.39, 0.29) is 0 Å². The van der Waals surface area contributed by atoms with Gasteiger partial charge < -0.3 is 4.90 Å². The number of aromatic nitrogens is 2. The summed E-state index contributed by atoms with van der Waals surface area (Å²) in [5, 5.41) is 0. The Morgan fingerprint density at radius 3 is 2.54 bits per heavy atom. The second kappa shape index (κ2) is 4.21. The van der Waals surface area contributed by atoms with E-state index in [0.717, 1.165) is 30.2 Å². The van der Waals surface area contributed by atoms with Gasteiger partial charge in [0, 0.05) is 32.3 Å². The zero-order valence-electron chi connectivity index (χ0n) is 8.83. The minimum atomic E-state index is 0.950. The van der Waals surface area contributed by atoms with Gasteiger partial charge in [-0.2, -0.15) is 0 Å². The predicted octanol–water partition coefficient (Wildman–Crippen LogP) is 1.80. The molecule has 0 bridgehead atoms. The van der Waals surface area contributed by atoms with Crippen molar-refractivity contribution in [2.24, 2.45) is 0 Å².